The van der Waals surface area contributed by atoms with Crippen LogP contribution in [0.4, 0.5) is 4.39 Å². The molecule has 0 atom stereocenters. The maximum Gasteiger partial charge on any atom is 0.363 e. The van der Waals surface area contributed by atoms with E-state index in [0.29, 0.717) is 5.56 Å². The van der Waals surface area contributed by atoms with Crippen LogP contribution in [0.1, 0.15) is 25.0 Å². The minimum atomic E-state index is -0.787. The number of benzene rings is 2. The molecule has 2 aromatic carbocycles. The van der Waals surface area contributed by atoms with Crippen LogP contribution >= 0.6 is 0 Å². The molecule has 0 spiro atoms. The molecule has 0 N–H and O–H groups in total. The second-order valence-corrected chi connectivity index (χ2v) is 6.05. The summed E-state index contributed by atoms with van der Waals surface area (Å²) in [6.07, 6.45) is 1.34. The van der Waals surface area contributed by atoms with Gasteiger partial charge >= 0.3 is 17.9 Å². The quantitative estimate of drug-likeness (QED) is 0.422. The SMILES string of the molecule is COc1cc(/C=C2\N=C(c3ccccc3F)OC2=O)cc(OC(C)=O)c1OC(C)=O. The van der Waals surface area contributed by atoms with E-state index in [2.05, 4.69) is 4.99 Å². The molecule has 0 unspecified atom stereocenters. The Bertz CT molecular complexity index is 1100. The maximum absolute atomic E-state index is 13.9. The van der Waals surface area contributed by atoms with Crippen molar-refractivity contribution in [3.8, 4) is 17.2 Å². The van der Waals surface area contributed by atoms with Crippen LogP contribution in [0.25, 0.3) is 6.08 Å². The summed E-state index contributed by atoms with van der Waals surface area (Å²) >= 11 is 0. The average molecular weight is 413 g/mol. The van der Waals surface area contributed by atoms with E-state index in [1.165, 1.54) is 57.4 Å². The third-order valence-electron chi connectivity index (χ3n) is 3.79. The van der Waals surface area contributed by atoms with Gasteiger partial charge in [-0.2, -0.15) is 0 Å². The van der Waals surface area contributed by atoms with Gasteiger partial charge in [0.05, 0.1) is 12.7 Å². The number of carbonyl (C=O) groups excluding carboxylic acids is 3. The standard InChI is InChI=1S/C21H16FNO7/c1-11(24)28-18-10-13(9-17(27-3)19(18)29-12(2)25)8-16-21(26)30-20(23-16)14-6-4-5-7-15(14)22/h4-10H,1-3H3/b16-8-. The highest BCUT2D eigenvalue weighted by molar-refractivity contribution is 6.13. The number of carbonyl (C=O) groups is 3. The number of cyclic esters (lactones) is 1. The molecular formula is C21H16FNO7. The summed E-state index contributed by atoms with van der Waals surface area (Å²) < 4.78 is 34.4. The highest BCUT2D eigenvalue weighted by Gasteiger charge is 2.26. The van der Waals surface area contributed by atoms with E-state index in [4.69, 9.17) is 18.9 Å². The third kappa shape index (κ3) is 4.52. The molecule has 0 radical (unpaired) electrons. The van der Waals surface area contributed by atoms with Gasteiger partial charge in [-0.3, -0.25) is 9.59 Å². The summed E-state index contributed by atoms with van der Waals surface area (Å²) in [5.41, 5.74) is 0.270. The Morgan fingerprint density at radius 1 is 1.07 bits per heavy atom. The van der Waals surface area contributed by atoms with Crippen LogP contribution in [-0.4, -0.2) is 30.9 Å². The highest BCUT2D eigenvalue weighted by Crippen LogP contribution is 2.40. The number of methoxy groups -OCH3 is 1. The molecule has 1 heterocycles. The predicted octanol–water partition coefficient (Wildman–Crippen LogP) is 3.03. The minimum Gasteiger partial charge on any atom is -0.493 e. The predicted molar refractivity (Wildman–Crippen MR) is 103 cm³/mol. The Kier molecular flexibility index (Phi) is 5.91. The van der Waals surface area contributed by atoms with Crippen molar-refractivity contribution >= 4 is 29.9 Å². The molecule has 9 heteroatoms. The molecule has 30 heavy (non-hydrogen) atoms. The van der Waals surface area contributed by atoms with Crippen LogP contribution in [-0.2, 0) is 19.1 Å². The minimum absolute atomic E-state index is 0.0395. The molecule has 3 rings (SSSR count). The van der Waals surface area contributed by atoms with Crippen LogP contribution < -0.4 is 14.2 Å². The average Bonchev–Trinajstić information content (AvgIpc) is 3.03. The van der Waals surface area contributed by atoms with Gasteiger partial charge in [-0.05, 0) is 35.9 Å². The highest BCUT2D eigenvalue weighted by atomic mass is 19.1. The van der Waals surface area contributed by atoms with Gasteiger partial charge in [-0.25, -0.2) is 14.2 Å². The molecule has 1 aliphatic heterocycles. The van der Waals surface area contributed by atoms with Gasteiger partial charge < -0.3 is 18.9 Å². The van der Waals surface area contributed by atoms with Crippen LogP contribution in [0.2, 0.25) is 0 Å². The number of hydrogen-bond donors (Lipinski definition) is 0. The van der Waals surface area contributed by atoms with Gasteiger partial charge in [0.25, 0.3) is 0 Å². The first-order chi connectivity index (χ1) is 14.3. The zero-order chi connectivity index (χ0) is 21.8. The fourth-order valence-corrected chi connectivity index (χ4v) is 2.62. The normalized spacial score (nSPS) is 14.2. The molecule has 0 bridgehead atoms. The fraction of sp³-hybridized carbons (Fsp3) is 0.143. The molecular weight excluding hydrogens is 397 g/mol. The topological polar surface area (TPSA) is 100 Å². The molecule has 2 aromatic rings. The van der Waals surface area contributed by atoms with Gasteiger partial charge in [0, 0.05) is 13.8 Å². The Balaban J connectivity index is 2.05. The Labute approximate surface area is 170 Å². The Morgan fingerprint density at radius 2 is 1.73 bits per heavy atom. The number of aliphatic imine (C=N–C) groups is 1. The third-order valence-corrected chi connectivity index (χ3v) is 3.79. The van der Waals surface area contributed by atoms with Crippen molar-refractivity contribution in [1.82, 2.24) is 0 Å². The Hall–Kier alpha value is -4.01. The molecule has 0 saturated carbocycles. The van der Waals surface area contributed by atoms with Gasteiger partial charge in [-0.1, -0.05) is 12.1 Å². The number of hydrogen-bond acceptors (Lipinski definition) is 8. The van der Waals surface area contributed by atoms with Crippen molar-refractivity contribution in [2.75, 3.05) is 7.11 Å². The van der Waals surface area contributed by atoms with E-state index >= 15 is 0 Å². The molecule has 0 fully saturated rings. The maximum atomic E-state index is 13.9. The van der Waals surface area contributed by atoms with Crippen molar-refractivity contribution < 1.29 is 37.7 Å². The summed E-state index contributed by atoms with van der Waals surface area (Å²) in [7, 11) is 1.33. The lowest BCUT2D eigenvalue weighted by molar-refractivity contribution is -0.134. The van der Waals surface area contributed by atoms with Gasteiger partial charge in [0.2, 0.25) is 11.6 Å². The van der Waals surface area contributed by atoms with E-state index in [9.17, 15) is 18.8 Å². The van der Waals surface area contributed by atoms with Crippen LogP contribution in [0.15, 0.2) is 47.1 Å². The molecule has 0 saturated heterocycles. The van der Waals surface area contributed by atoms with Gasteiger partial charge in [0.1, 0.15) is 5.82 Å². The van der Waals surface area contributed by atoms with Crippen molar-refractivity contribution in [2.24, 2.45) is 4.99 Å². The van der Waals surface area contributed by atoms with Gasteiger partial charge in [-0.15, -0.1) is 0 Å². The molecule has 0 amide bonds. The van der Waals surface area contributed by atoms with Crippen molar-refractivity contribution in [3.63, 3.8) is 0 Å². The molecule has 8 nitrogen and oxygen atoms in total. The van der Waals surface area contributed by atoms with Crippen LogP contribution in [0, 0.1) is 5.82 Å². The van der Waals surface area contributed by atoms with E-state index < -0.39 is 23.7 Å². The van der Waals surface area contributed by atoms with Crippen molar-refractivity contribution in [1.29, 1.82) is 0 Å². The lowest BCUT2D eigenvalue weighted by Crippen LogP contribution is -2.09. The first kappa shape index (κ1) is 20.7. The Morgan fingerprint density at radius 3 is 2.37 bits per heavy atom. The fourth-order valence-electron chi connectivity index (χ4n) is 2.62. The summed E-state index contributed by atoms with van der Waals surface area (Å²) in [4.78, 5) is 39.1. The molecule has 154 valence electrons. The summed E-state index contributed by atoms with van der Waals surface area (Å²) in [5, 5.41) is 0. The lowest BCUT2D eigenvalue weighted by Gasteiger charge is -2.13. The van der Waals surface area contributed by atoms with Crippen molar-refractivity contribution in [3.05, 3.63) is 59.0 Å². The number of rotatable bonds is 5. The first-order valence-corrected chi connectivity index (χ1v) is 8.65. The summed E-state index contributed by atoms with van der Waals surface area (Å²) in [6.45, 7) is 2.36. The van der Waals surface area contributed by atoms with E-state index in [-0.39, 0.29) is 34.4 Å². The van der Waals surface area contributed by atoms with E-state index in [0.717, 1.165) is 0 Å². The smallest absolute Gasteiger partial charge is 0.363 e. The number of nitrogens with zero attached hydrogens (tertiary/aromatic N) is 1. The zero-order valence-electron chi connectivity index (χ0n) is 16.2. The summed E-state index contributed by atoms with van der Waals surface area (Å²) in [5.74, 6) is -2.95. The number of halogens is 1. The molecule has 0 aliphatic carbocycles. The summed E-state index contributed by atoms with van der Waals surface area (Å²) in [6, 6.07) is 8.54. The largest absolute Gasteiger partial charge is 0.493 e. The number of esters is 3. The zero-order valence-corrected chi connectivity index (χ0v) is 16.2. The van der Waals surface area contributed by atoms with Crippen molar-refractivity contribution in [2.45, 2.75) is 13.8 Å². The van der Waals surface area contributed by atoms with Gasteiger partial charge in [0.15, 0.2) is 17.2 Å². The second-order valence-electron chi connectivity index (χ2n) is 6.05. The van der Waals surface area contributed by atoms with Crippen LogP contribution in [0.3, 0.4) is 0 Å². The lowest BCUT2D eigenvalue weighted by atomic mass is 10.1. The van der Waals surface area contributed by atoms with E-state index in [1.807, 2.05) is 0 Å². The first-order valence-electron chi connectivity index (χ1n) is 8.65. The van der Waals surface area contributed by atoms with Crippen LogP contribution in [0.5, 0.6) is 17.2 Å². The number of ether oxygens (including phenoxy) is 4. The molecule has 1 aliphatic rings. The van der Waals surface area contributed by atoms with E-state index in [1.54, 1.807) is 6.07 Å². The second kappa shape index (κ2) is 8.56. The molecule has 0 aromatic heterocycles. The monoisotopic (exact) mass is 413 g/mol.